The van der Waals surface area contributed by atoms with Crippen molar-refractivity contribution in [1.82, 2.24) is 4.98 Å². The van der Waals surface area contributed by atoms with Crippen LogP contribution in [0.25, 0.3) is 16.8 Å². The molecule has 0 fully saturated rings. The molecule has 2 nitrogen and oxygen atoms in total. The zero-order valence-corrected chi connectivity index (χ0v) is 11.5. The first-order chi connectivity index (χ1) is 8.13. The normalized spacial score (nSPS) is 12.1. The van der Waals surface area contributed by atoms with E-state index in [1.807, 2.05) is 31.2 Å². The van der Waals surface area contributed by atoms with E-state index in [0.29, 0.717) is 0 Å². The molecule has 17 heavy (non-hydrogen) atoms. The molecule has 2 aromatic rings. The van der Waals surface area contributed by atoms with Gasteiger partial charge in [-0.2, -0.15) is 0 Å². The number of aromatic amines is 1. The maximum absolute atomic E-state index is 11.8. The summed E-state index contributed by atoms with van der Waals surface area (Å²) >= 11 is 3.52. The molecular weight excluding hydrogens is 278 g/mol. The summed E-state index contributed by atoms with van der Waals surface area (Å²) in [5.74, 6) is 0. The Morgan fingerprint density at radius 3 is 2.65 bits per heavy atom. The van der Waals surface area contributed by atoms with E-state index in [9.17, 15) is 4.79 Å². The van der Waals surface area contributed by atoms with Gasteiger partial charge >= 0.3 is 0 Å². The fraction of sp³-hybridized carbons (Fsp3) is 0.214. The van der Waals surface area contributed by atoms with Gasteiger partial charge in [-0.05, 0) is 35.4 Å². The molecule has 1 aromatic carbocycles. The third-order valence-electron chi connectivity index (χ3n) is 2.81. The predicted octanol–water partition coefficient (Wildman–Crippen LogP) is 3.98. The molecule has 0 spiro atoms. The zero-order chi connectivity index (χ0) is 12.4. The number of hydrogen-bond acceptors (Lipinski definition) is 1. The lowest BCUT2D eigenvalue weighted by Crippen LogP contribution is -2.09. The van der Waals surface area contributed by atoms with E-state index >= 15 is 0 Å². The van der Waals surface area contributed by atoms with E-state index in [1.165, 1.54) is 0 Å². The molecule has 0 aliphatic carbocycles. The molecule has 88 valence electrons. The first kappa shape index (κ1) is 12.1. The first-order valence-corrected chi connectivity index (χ1v) is 6.40. The van der Waals surface area contributed by atoms with Crippen molar-refractivity contribution in [2.75, 3.05) is 0 Å². The Morgan fingerprint density at radius 2 is 2.00 bits per heavy atom. The molecule has 2 rings (SSSR count). The van der Waals surface area contributed by atoms with Crippen LogP contribution < -0.4 is 5.56 Å². The van der Waals surface area contributed by atoms with Crippen molar-refractivity contribution >= 4 is 32.8 Å². The van der Waals surface area contributed by atoms with Crippen molar-refractivity contribution in [2.45, 2.75) is 20.3 Å². The molecule has 0 bridgehead atoms. The lowest BCUT2D eigenvalue weighted by Gasteiger charge is -2.06. The van der Waals surface area contributed by atoms with E-state index < -0.39 is 0 Å². The highest BCUT2D eigenvalue weighted by molar-refractivity contribution is 9.11. The summed E-state index contributed by atoms with van der Waals surface area (Å²) in [6.45, 7) is 4.01. The van der Waals surface area contributed by atoms with E-state index in [-0.39, 0.29) is 5.56 Å². The monoisotopic (exact) mass is 291 g/mol. The van der Waals surface area contributed by atoms with E-state index in [4.69, 9.17) is 0 Å². The fourth-order valence-corrected chi connectivity index (χ4v) is 2.10. The van der Waals surface area contributed by atoms with Gasteiger partial charge < -0.3 is 4.98 Å². The molecule has 0 atom stereocenters. The van der Waals surface area contributed by atoms with E-state index in [2.05, 4.69) is 33.9 Å². The van der Waals surface area contributed by atoms with Gasteiger partial charge in [0.15, 0.2) is 0 Å². The number of aromatic nitrogens is 1. The number of aryl methyl sites for hydroxylation is 1. The summed E-state index contributed by atoms with van der Waals surface area (Å²) in [7, 11) is 0. The van der Waals surface area contributed by atoms with Crippen LogP contribution in [0.1, 0.15) is 24.6 Å². The zero-order valence-electron chi connectivity index (χ0n) is 9.88. The number of allylic oxidation sites excluding steroid dienone is 1. The van der Waals surface area contributed by atoms with Crippen molar-refractivity contribution in [1.29, 1.82) is 0 Å². The number of nitrogens with one attached hydrogen (secondary N) is 1. The van der Waals surface area contributed by atoms with Gasteiger partial charge in [-0.1, -0.05) is 41.1 Å². The van der Waals surface area contributed by atoms with Crippen molar-refractivity contribution in [2.24, 2.45) is 0 Å². The topological polar surface area (TPSA) is 32.9 Å². The molecule has 3 heteroatoms. The number of benzene rings is 1. The largest absolute Gasteiger partial charge is 0.325 e. The van der Waals surface area contributed by atoms with Crippen LogP contribution in [0.3, 0.4) is 0 Å². The molecule has 0 saturated heterocycles. The van der Waals surface area contributed by atoms with Crippen LogP contribution in [0, 0.1) is 6.92 Å². The standard InChI is InChI=1S/C14H14BrNO/c1-3-10(15)8-13-9(2)16-14(17)12-7-5-4-6-11(12)13/h4-8H,3H2,1-2H3,(H,16,17)/b10-8+. The van der Waals surface area contributed by atoms with Crippen LogP contribution in [0.2, 0.25) is 0 Å². The summed E-state index contributed by atoms with van der Waals surface area (Å²) < 4.78 is 1.12. The van der Waals surface area contributed by atoms with Gasteiger partial charge in [0.2, 0.25) is 0 Å². The maximum Gasteiger partial charge on any atom is 0.256 e. The average Bonchev–Trinajstić information content (AvgIpc) is 2.34. The first-order valence-electron chi connectivity index (χ1n) is 5.61. The smallest absolute Gasteiger partial charge is 0.256 e. The molecule has 0 radical (unpaired) electrons. The molecule has 0 aliphatic rings. The Bertz CT molecular complexity index is 640. The lowest BCUT2D eigenvalue weighted by atomic mass is 10.0. The van der Waals surface area contributed by atoms with Crippen LogP contribution in [0.15, 0.2) is 33.5 Å². The third kappa shape index (κ3) is 2.34. The van der Waals surface area contributed by atoms with Gasteiger partial charge in [-0.3, -0.25) is 4.79 Å². The second-order valence-electron chi connectivity index (χ2n) is 3.98. The van der Waals surface area contributed by atoms with Crippen LogP contribution in [-0.2, 0) is 0 Å². The Balaban J connectivity index is 2.83. The minimum Gasteiger partial charge on any atom is -0.325 e. The number of fused-ring (bicyclic) bond motifs is 1. The van der Waals surface area contributed by atoms with Crippen molar-refractivity contribution in [3.05, 3.63) is 50.4 Å². The van der Waals surface area contributed by atoms with Crippen molar-refractivity contribution < 1.29 is 0 Å². The molecule has 0 aliphatic heterocycles. The minimum atomic E-state index is -0.0251. The molecule has 1 N–H and O–H groups in total. The second kappa shape index (κ2) is 4.88. The number of H-pyrrole nitrogens is 1. The van der Waals surface area contributed by atoms with Gasteiger partial charge in [0, 0.05) is 16.6 Å². The maximum atomic E-state index is 11.8. The highest BCUT2D eigenvalue weighted by Crippen LogP contribution is 2.23. The minimum absolute atomic E-state index is 0.0251. The average molecular weight is 292 g/mol. The van der Waals surface area contributed by atoms with Crippen LogP contribution in [0.4, 0.5) is 0 Å². The van der Waals surface area contributed by atoms with E-state index in [1.54, 1.807) is 0 Å². The van der Waals surface area contributed by atoms with E-state index in [0.717, 1.165) is 32.9 Å². The summed E-state index contributed by atoms with van der Waals surface area (Å²) in [6.07, 6.45) is 3.01. The number of rotatable bonds is 2. The van der Waals surface area contributed by atoms with Crippen LogP contribution in [-0.4, -0.2) is 4.98 Å². The second-order valence-corrected chi connectivity index (χ2v) is 5.00. The number of halogens is 1. The quantitative estimate of drug-likeness (QED) is 0.892. The summed E-state index contributed by atoms with van der Waals surface area (Å²) in [6, 6.07) is 7.68. The summed E-state index contributed by atoms with van der Waals surface area (Å²) in [4.78, 5) is 14.7. The van der Waals surface area contributed by atoms with Gasteiger partial charge in [-0.15, -0.1) is 0 Å². The Morgan fingerprint density at radius 1 is 1.35 bits per heavy atom. The Hall–Kier alpha value is -1.35. The molecule has 0 saturated carbocycles. The van der Waals surface area contributed by atoms with Gasteiger partial charge in [0.25, 0.3) is 5.56 Å². The molecule has 1 heterocycles. The van der Waals surface area contributed by atoms with Crippen molar-refractivity contribution in [3.8, 4) is 0 Å². The van der Waals surface area contributed by atoms with Gasteiger partial charge in [-0.25, -0.2) is 0 Å². The third-order valence-corrected chi connectivity index (χ3v) is 3.60. The molecule has 0 unspecified atom stereocenters. The Kier molecular flexibility index (Phi) is 3.48. The fourth-order valence-electron chi connectivity index (χ4n) is 1.87. The summed E-state index contributed by atoms with van der Waals surface area (Å²) in [5, 5.41) is 1.74. The molecule has 1 aromatic heterocycles. The molecular formula is C14H14BrNO. The lowest BCUT2D eigenvalue weighted by molar-refractivity contribution is 1.16. The summed E-state index contributed by atoms with van der Waals surface area (Å²) in [5.41, 5.74) is 1.95. The highest BCUT2D eigenvalue weighted by Gasteiger charge is 2.06. The van der Waals surface area contributed by atoms with Gasteiger partial charge in [0.05, 0.1) is 0 Å². The SMILES string of the molecule is CC/C(Br)=C\c1c(C)[nH]c(=O)c2ccccc12. The predicted molar refractivity (Wildman–Crippen MR) is 76.5 cm³/mol. The van der Waals surface area contributed by atoms with Crippen molar-refractivity contribution in [3.63, 3.8) is 0 Å². The molecule has 0 amide bonds. The Labute approximate surface area is 108 Å². The van der Waals surface area contributed by atoms with Gasteiger partial charge in [0.1, 0.15) is 0 Å². The number of hydrogen-bond donors (Lipinski definition) is 1. The van der Waals surface area contributed by atoms with Crippen LogP contribution in [0.5, 0.6) is 0 Å². The number of pyridine rings is 1. The highest BCUT2D eigenvalue weighted by atomic mass is 79.9. The van der Waals surface area contributed by atoms with Crippen LogP contribution >= 0.6 is 15.9 Å².